The van der Waals surface area contributed by atoms with E-state index in [1.807, 2.05) is 14.0 Å². The van der Waals surface area contributed by atoms with Crippen LogP contribution in [0.2, 0.25) is 0 Å². The van der Waals surface area contributed by atoms with E-state index in [-0.39, 0.29) is 5.91 Å². The lowest BCUT2D eigenvalue weighted by Gasteiger charge is -2.29. The van der Waals surface area contributed by atoms with Crippen LogP contribution in [0, 0.1) is 0 Å². The molecule has 100 valence electrons. The zero-order valence-corrected chi connectivity index (χ0v) is 11.5. The third kappa shape index (κ3) is 5.50. The predicted octanol–water partition coefficient (Wildman–Crippen LogP) is 0.929. The van der Waals surface area contributed by atoms with Crippen LogP contribution >= 0.6 is 0 Å². The smallest absolute Gasteiger partial charge is 0.236 e. The van der Waals surface area contributed by atoms with Gasteiger partial charge < -0.3 is 15.1 Å². The van der Waals surface area contributed by atoms with E-state index in [0.717, 1.165) is 13.1 Å². The second-order valence-corrected chi connectivity index (χ2v) is 5.05. The van der Waals surface area contributed by atoms with E-state index in [1.54, 1.807) is 4.90 Å². The fourth-order valence-corrected chi connectivity index (χ4v) is 2.17. The molecule has 0 bridgehead atoms. The highest BCUT2D eigenvalue weighted by atomic mass is 16.2. The Morgan fingerprint density at radius 3 is 2.59 bits per heavy atom. The van der Waals surface area contributed by atoms with Crippen molar-refractivity contribution in [3.63, 3.8) is 0 Å². The summed E-state index contributed by atoms with van der Waals surface area (Å²) in [4.78, 5) is 15.9. The maximum atomic E-state index is 11.6. The molecule has 17 heavy (non-hydrogen) atoms. The van der Waals surface area contributed by atoms with E-state index in [2.05, 4.69) is 17.1 Å². The van der Waals surface area contributed by atoms with Crippen molar-refractivity contribution in [2.45, 2.75) is 39.2 Å². The number of rotatable bonds is 6. The molecule has 1 unspecified atom stereocenters. The Morgan fingerprint density at radius 2 is 2.00 bits per heavy atom. The summed E-state index contributed by atoms with van der Waals surface area (Å²) in [6.07, 6.45) is 4.02. The van der Waals surface area contributed by atoms with E-state index in [4.69, 9.17) is 0 Å². The van der Waals surface area contributed by atoms with Gasteiger partial charge in [-0.15, -0.1) is 0 Å². The zero-order chi connectivity index (χ0) is 12.7. The molecule has 0 spiro atoms. The largest absolute Gasteiger partial charge is 0.345 e. The monoisotopic (exact) mass is 241 g/mol. The lowest BCUT2D eigenvalue weighted by Crippen LogP contribution is -2.45. The van der Waals surface area contributed by atoms with Crippen LogP contribution in [0.3, 0.4) is 0 Å². The highest BCUT2D eigenvalue weighted by Crippen LogP contribution is 2.08. The number of carbonyl (C=O) groups is 1. The molecular weight excluding hydrogens is 214 g/mol. The number of nitrogens with zero attached hydrogens (tertiary/aromatic N) is 2. The van der Waals surface area contributed by atoms with Gasteiger partial charge in [0.2, 0.25) is 5.91 Å². The van der Waals surface area contributed by atoms with E-state index in [1.165, 1.54) is 32.4 Å². The average Bonchev–Trinajstić information content (AvgIpc) is 2.36. The first-order valence-electron chi connectivity index (χ1n) is 6.83. The normalized spacial score (nSPS) is 19.0. The molecule has 1 saturated heterocycles. The topological polar surface area (TPSA) is 35.6 Å². The Hall–Kier alpha value is -0.610. The summed E-state index contributed by atoms with van der Waals surface area (Å²) in [7, 11) is 1.85. The van der Waals surface area contributed by atoms with Gasteiger partial charge in [-0.25, -0.2) is 0 Å². The number of hydrogen-bond donors (Lipinski definition) is 1. The molecular formula is C13H27N3O. The van der Waals surface area contributed by atoms with Crippen molar-refractivity contribution in [1.82, 2.24) is 15.1 Å². The minimum Gasteiger partial charge on any atom is -0.345 e. The number of piperidine rings is 1. The summed E-state index contributed by atoms with van der Waals surface area (Å²) in [5, 5.41) is 3.31. The Kier molecular flexibility index (Phi) is 6.52. The molecule has 1 N–H and O–H groups in total. The molecule has 0 aromatic rings. The first-order valence-corrected chi connectivity index (χ1v) is 6.83. The third-order valence-electron chi connectivity index (χ3n) is 3.48. The lowest BCUT2D eigenvalue weighted by molar-refractivity contribution is -0.128. The van der Waals surface area contributed by atoms with Gasteiger partial charge in [0, 0.05) is 26.2 Å². The molecule has 4 heteroatoms. The molecule has 1 amide bonds. The minimum absolute atomic E-state index is 0.179. The molecule has 0 aromatic carbocycles. The predicted molar refractivity (Wildman–Crippen MR) is 71.1 cm³/mol. The van der Waals surface area contributed by atoms with Crippen LogP contribution in [0.25, 0.3) is 0 Å². The number of nitrogens with one attached hydrogen (secondary N) is 1. The van der Waals surface area contributed by atoms with Crippen molar-refractivity contribution in [2.75, 3.05) is 39.8 Å². The average molecular weight is 241 g/mol. The molecule has 1 heterocycles. The third-order valence-corrected chi connectivity index (χ3v) is 3.48. The summed E-state index contributed by atoms with van der Waals surface area (Å²) < 4.78 is 0. The van der Waals surface area contributed by atoms with Gasteiger partial charge in [0.1, 0.15) is 0 Å². The molecule has 0 aromatic heterocycles. The van der Waals surface area contributed by atoms with E-state index >= 15 is 0 Å². The van der Waals surface area contributed by atoms with Crippen LogP contribution in [0.15, 0.2) is 0 Å². The van der Waals surface area contributed by atoms with Crippen LogP contribution in [-0.2, 0) is 4.79 Å². The van der Waals surface area contributed by atoms with Crippen LogP contribution in [0.4, 0.5) is 0 Å². The summed E-state index contributed by atoms with van der Waals surface area (Å²) in [5.41, 5.74) is 0. The van der Waals surface area contributed by atoms with Crippen molar-refractivity contribution >= 4 is 5.91 Å². The molecule has 1 fully saturated rings. The highest BCUT2D eigenvalue weighted by Gasteiger charge is 2.14. The molecule has 0 aliphatic carbocycles. The highest BCUT2D eigenvalue weighted by molar-refractivity contribution is 5.77. The molecule has 1 aliphatic rings. The van der Waals surface area contributed by atoms with E-state index < -0.39 is 0 Å². The van der Waals surface area contributed by atoms with E-state index in [0.29, 0.717) is 12.6 Å². The number of hydrogen-bond acceptors (Lipinski definition) is 3. The lowest BCUT2D eigenvalue weighted by atomic mass is 10.1. The van der Waals surface area contributed by atoms with Gasteiger partial charge in [0.05, 0.1) is 6.54 Å². The first kappa shape index (κ1) is 14.5. The summed E-state index contributed by atoms with van der Waals surface area (Å²) in [5.74, 6) is 0.179. The van der Waals surface area contributed by atoms with Crippen molar-refractivity contribution in [1.29, 1.82) is 0 Å². The number of amides is 1. The van der Waals surface area contributed by atoms with Gasteiger partial charge >= 0.3 is 0 Å². The summed E-state index contributed by atoms with van der Waals surface area (Å²) in [6, 6.07) is 0.391. The van der Waals surface area contributed by atoms with Gasteiger partial charge in [-0.05, 0) is 39.8 Å². The Labute approximate surface area is 105 Å². The van der Waals surface area contributed by atoms with Gasteiger partial charge in [-0.2, -0.15) is 0 Å². The van der Waals surface area contributed by atoms with Gasteiger partial charge in [0.15, 0.2) is 0 Å². The minimum atomic E-state index is 0.179. The number of likely N-dealkylation sites (tertiary alicyclic amines) is 1. The second kappa shape index (κ2) is 7.67. The van der Waals surface area contributed by atoms with Crippen LogP contribution < -0.4 is 5.32 Å². The van der Waals surface area contributed by atoms with E-state index in [9.17, 15) is 4.79 Å². The molecule has 4 nitrogen and oxygen atoms in total. The molecule has 0 saturated carbocycles. The van der Waals surface area contributed by atoms with Crippen molar-refractivity contribution in [2.24, 2.45) is 0 Å². The Bertz CT molecular complexity index is 227. The number of carbonyl (C=O) groups excluding carboxylic acids is 1. The SMILES string of the molecule is CCN(C)C(=O)CNC(C)CN1CCCCC1. The van der Waals surface area contributed by atoms with Crippen LogP contribution in [0.1, 0.15) is 33.1 Å². The summed E-state index contributed by atoms with van der Waals surface area (Å²) >= 11 is 0. The van der Waals surface area contributed by atoms with Crippen molar-refractivity contribution in [3.05, 3.63) is 0 Å². The fraction of sp³-hybridized carbons (Fsp3) is 0.923. The van der Waals surface area contributed by atoms with Crippen LogP contribution in [-0.4, -0.2) is 61.5 Å². The standard InChI is InChI=1S/C13H27N3O/c1-4-15(3)13(17)10-14-12(2)11-16-8-6-5-7-9-16/h12,14H,4-11H2,1-3H3. The van der Waals surface area contributed by atoms with Crippen molar-refractivity contribution < 1.29 is 4.79 Å². The molecule has 1 aliphatic heterocycles. The quantitative estimate of drug-likeness (QED) is 0.751. The summed E-state index contributed by atoms with van der Waals surface area (Å²) in [6.45, 7) is 8.88. The molecule has 1 rings (SSSR count). The van der Waals surface area contributed by atoms with Crippen molar-refractivity contribution in [3.8, 4) is 0 Å². The Morgan fingerprint density at radius 1 is 1.35 bits per heavy atom. The van der Waals surface area contributed by atoms with Crippen LogP contribution in [0.5, 0.6) is 0 Å². The number of likely N-dealkylation sites (N-methyl/N-ethyl adjacent to an activating group) is 1. The second-order valence-electron chi connectivity index (χ2n) is 5.05. The zero-order valence-electron chi connectivity index (χ0n) is 11.5. The van der Waals surface area contributed by atoms with Gasteiger partial charge in [-0.1, -0.05) is 6.42 Å². The van der Waals surface area contributed by atoms with Gasteiger partial charge in [0.25, 0.3) is 0 Å². The fourth-order valence-electron chi connectivity index (χ4n) is 2.17. The maximum Gasteiger partial charge on any atom is 0.236 e. The molecule has 0 radical (unpaired) electrons. The Balaban J connectivity index is 2.15. The first-order chi connectivity index (χ1) is 8.13. The van der Waals surface area contributed by atoms with Gasteiger partial charge in [-0.3, -0.25) is 4.79 Å². The maximum absolute atomic E-state index is 11.6. The molecule has 1 atom stereocenters.